The predicted octanol–water partition coefficient (Wildman–Crippen LogP) is 4.83. The summed E-state index contributed by atoms with van der Waals surface area (Å²) < 4.78 is 18.8. The Balaban J connectivity index is 2.33. The molecule has 1 rings (SSSR count). The number of rotatable bonds is 10. The molecular weight excluding hydrogens is 267 g/mol. The van der Waals surface area contributed by atoms with Crippen LogP contribution >= 0.6 is 0 Å². The third kappa shape index (κ3) is 6.69. The largest absolute Gasteiger partial charge is 0.491 e. The van der Waals surface area contributed by atoms with Crippen molar-refractivity contribution in [3.8, 4) is 5.75 Å². The lowest BCUT2D eigenvalue weighted by molar-refractivity contribution is 0.322. The van der Waals surface area contributed by atoms with Gasteiger partial charge in [0, 0.05) is 18.7 Å². The summed E-state index contributed by atoms with van der Waals surface area (Å²) in [4.78, 5) is 0. The Hall–Kier alpha value is -1.45. The molecular formula is C17H29FN2O. The molecule has 0 radical (unpaired) electrons. The third-order valence-corrected chi connectivity index (χ3v) is 3.43. The molecule has 0 heterocycles. The number of halogens is 1. The van der Waals surface area contributed by atoms with Crippen LogP contribution in [0.2, 0.25) is 0 Å². The molecule has 0 saturated carbocycles. The number of ether oxygens (including phenoxy) is 1. The van der Waals surface area contributed by atoms with Gasteiger partial charge in [-0.05, 0) is 19.3 Å². The normalized spacial score (nSPS) is 10.9. The van der Waals surface area contributed by atoms with E-state index in [4.69, 9.17) is 10.5 Å². The Labute approximate surface area is 128 Å². The molecule has 21 heavy (non-hydrogen) atoms. The van der Waals surface area contributed by atoms with Gasteiger partial charge < -0.3 is 15.8 Å². The molecule has 0 amide bonds. The zero-order chi connectivity index (χ0) is 15.7. The third-order valence-electron chi connectivity index (χ3n) is 3.43. The van der Waals surface area contributed by atoms with Crippen LogP contribution in [-0.2, 0) is 0 Å². The second-order valence-corrected chi connectivity index (χ2v) is 5.83. The zero-order valence-corrected chi connectivity index (χ0v) is 13.5. The summed E-state index contributed by atoms with van der Waals surface area (Å²) in [6, 6.07) is 2.96. The first-order chi connectivity index (χ1) is 10.0. The lowest BCUT2D eigenvalue weighted by atomic mass is 10.0. The number of nitrogen functional groups attached to an aromatic ring is 1. The smallest absolute Gasteiger partial charge is 0.167 e. The number of nitrogens with two attached hydrogens (primary N) is 1. The first-order valence-corrected chi connectivity index (χ1v) is 8.00. The van der Waals surface area contributed by atoms with Gasteiger partial charge in [-0.1, -0.05) is 39.5 Å². The van der Waals surface area contributed by atoms with E-state index in [9.17, 15) is 4.39 Å². The maximum atomic E-state index is 13.6. The van der Waals surface area contributed by atoms with Crippen LogP contribution in [0.5, 0.6) is 5.75 Å². The van der Waals surface area contributed by atoms with E-state index in [-0.39, 0.29) is 5.75 Å². The Morgan fingerprint density at radius 1 is 1.19 bits per heavy atom. The van der Waals surface area contributed by atoms with Gasteiger partial charge in [-0.3, -0.25) is 0 Å². The summed E-state index contributed by atoms with van der Waals surface area (Å²) in [5.74, 6) is 0.638. The van der Waals surface area contributed by atoms with Gasteiger partial charge in [-0.15, -0.1) is 0 Å². The van der Waals surface area contributed by atoms with Crippen molar-refractivity contribution in [1.29, 1.82) is 0 Å². The van der Waals surface area contributed by atoms with Crippen molar-refractivity contribution in [3.63, 3.8) is 0 Å². The van der Waals surface area contributed by atoms with E-state index in [0.29, 0.717) is 12.3 Å². The lowest BCUT2D eigenvalue weighted by Gasteiger charge is -2.12. The topological polar surface area (TPSA) is 47.3 Å². The lowest BCUT2D eigenvalue weighted by Crippen LogP contribution is -2.06. The molecule has 4 heteroatoms. The second kappa shape index (κ2) is 9.48. The van der Waals surface area contributed by atoms with Crippen LogP contribution in [0.4, 0.5) is 15.8 Å². The molecule has 1 aromatic carbocycles. The van der Waals surface area contributed by atoms with Gasteiger partial charge in [-0.2, -0.15) is 0 Å². The van der Waals surface area contributed by atoms with Crippen molar-refractivity contribution < 1.29 is 9.13 Å². The van der Waals surface area contributed by atoms with Crippen LogP contribution in [0.1, 0.15) is 52.9 Å². The van der Waals surface area contributed by atoms with Gasteiger partial charge in [0.1, 0.15) is 0 Å². The molecule has 0 bridgehead atoms. The van der Waals surface area contributed by atoms with E-state index < -0.39 is 5.82 Å². The molecule has 3 nitrogen and oxygen atoms in total. The molecule has 0 fully saturated rings. The quantitative estimate of drug-likeness (QED) is 0.480. The van der Waals surface area contributed by atoms with Crippen molar-refractivity contribution >= 4 is 11.4 Å². The molecule has 0 spiro atoms. The minimum atomic E-state index is -0.409. The van der Waals surface area contributed by atoms with Crippen molar-refractivity contribution in [2.75, 3.05) is 24.2 Å². The Morgan fingerprint density at radius 2 is 1.90 bits per heavy atom. The summed E-state index contributed by atoms with van der Waals surface area (Å²) in [7, 11) is 0. The molecule has 120 valence electrons. The molecule has 0 aliphatic carbocycles. The van der Waals surface area contributed by atoms with Crippen molar-refractivity contribution in [2.24, 2.45) is 5.92 Å². The molecule has 0 aromatic heterocycles. The summed E-state index contributed by atoms with van der Waals surface area (Å²) >= 11 is 0. The van der Waals surface area contributed by atoms with Crippen LogP contribution in [0.3, 0.4) is 0 Å². The highest BCUT2D eigenvalue weighted by Gasteiger charge is 2.08. The first kappa shape index (κ1) is 17.6. The Bertz CT molecular complexity index is 421. The highest BCUT2D eigenvalue weighted by atomic mass is 19.1. The molecule has 0 aliphatic heterocycles. The van der Waals surface area contributed by atoms with Gasteiger partial charge in [0.05, 0.1) is 18.0 Å². The zero-order valence-electron chi connectivity index (χ0n) is 13.5. The van der Waals surface area contributed by atoms with Crippen molar-refractivity contribution in [1.82, 2.24) is 0 Å². The van der Waals surface area contributed by atoms with E-state index >= 15 is 0 Å². The second-order valence-electron chi connectivity index (χ2n) is 5.83. The fourth-order valence-corrected chi connectivity index (χ4v) is 2.24. The van der Waals surface area contributed by atoms with Crippen molar-refractivity contribution in [3.05, 3.63) is 17.9 Å². The average molecular weight is 296 g/mol. The summed E-state index contributed by atoms with van der Waals surface area (Å²) in [5, 5.41) is 3.27. The number of hydrogen-bond acceptors (Lipinski definition) is 3. The molecule has 1 aromatic rings. The maximum absolute atomic E-state index is 13.6. The average Bonchev–Trinajstić information content (AvgIpc) is 2.42. The standard InChI is InChI=1S/C17H29FN2O/c1-4-21-17-12-16(15(19)11-14(17)18)20-10-8-6-5-7-9-13(2)3/h11-13,20H,4-10,19H2,1-3H3. The number of hydrogen-bond donors (Lipinski definition) is 2. The van der Waals surface area contributed by atoms with Crippen LogP contribution in [-0.4, -0.2) is 13.2 Å². The summed E-state index contributed by atoms with van der Waals surface area (Å²) in [5.41, 5.74) is 7.00. The SMILES string of the molecule is CCOc1cc(NCCCCCCC(C)C)c(N)cc1F. The highest BCUT2D eigenvalue weighted by Crippen LogP contribution is 2.28. The fraction of sp³-hybridized carbons (Fsp3) is 0.647. The minimum absolute atomic E-state index is 0.256. The number of unbranched alkanes of at least 4 members (excludes halogenated alkanes) is 3. The number of nitrogens with one attached hydrogen (secondary N) is 1. The number of benzene rings is 1. The number of anilines is 2. The highest BCUT2D eigenvalue weighted by molar-refractivity contribution is 5.68. The monoisotopic (exact) mass is 296 g/mol. The molecule has 0 atom stereocenters. The first-order valence-electron chi connectivity index (χ1n) is 8.00. The predicted molar refractivity (Wildman–Crippen MR) is 88.4 cm³/mol. The van der Waals surface area contributed by atoms with E-state index in [1.807, 2.05) is 6.92 Å². The summed E-state index contributed by atoms with van der Waals surface area (Å²) in [6.45, 7) is 7.64. The maximum Gasteiger partial charge on any atom is 0.167 e. The van der Waals surface area contributed by atoms with Crippen LogP contribution in [0.15, 0.2) is 12.1 Å². The Morgan fingerprint density at radius 3 is 2.57 bits per heavy atom. The minimum Gasteiger partial charge on any atom is -0.491 e. The van der Waals surface area contributed by atoms with E-state index in [1.165, 1.54) is 31.7 Å². The Kier molecular flexibility index (Phi) is 7.95. The molecule has 3 N–H and O–H groups in total. The van der Waals surface area contributed by atoms with Crippen LogP contribution < -0.4 is 15.8 Å². The van der Waals surface area contributed by atoms with Crippen LogP contribution in [0.25, 0.3) is 0 Å². The molecule has 0 aliphatic rings. The van der Waals surface area contributed by atoms with Gasteiger partial charge in [-0.25, -0.2) is 4.39 Å². The van der Waals surface area contributed by atoms with E-state index in [0.717, 1.165) is 24.6 Å². The molecule has 0 saturated heterocycles. The van der Waals surface area contributed by atoms with Crippen molar-refractivity contribution in [2.45, 2.75) is 52.9 Å². The fourth-order valence-electron chi connectivity index (χ4n) is 2.24. The van der Waals surface area contributed by atoms with Gasteiger partial charge in [0.2, 0.25) is 0 Å². The summed E-state index contributed by atoms with van der Waals surface area (Å²) in [6.07, 6.45) is 6.17. The van der Waals surface area contributed by atoms with Gasteiger partial charge >= 0.3 is 0 Å². The van der Waals surface area contributed by atoms with Gasteiger partial charge in [0.15, 0.2) is 11.6 Å². The van der Waals surface area contributed by atoms with E-state index in [1.54, 1.807) is 6.07 Å². The van der Waals surface area contributed by atoms with Crippen LogP contribution in [0, 0.1) is 11.7 Å². The molecule has 0 unspecified atom stereocenters. The van der Waals surface area contributed by atoms with Gasteiger partial charge in [0.25, 0.3) is 0 Å². The van der Waals surface area contributed by atoms with E-state index in [2.05, 4.69) is 19.2 Å².